The van der Waals surface area contributed by atoms with E-state index in [1.54, 1.807) is 11.3 Å². The predicted molar refractivity (Wildman–Crippen MR) is 69.6 cm³/mol. The minimum Gasteiger partial charge on any atom is -0.320 e. The van der Waals surface area contributed by atoms with Gasteiger partial charge in [0, 0.05) is 11.8 Å². The molecule has 0 bridgehead atoms. The Kier molecular flexibility index (Phi) is 3.72. The van der Waals surface area contributed by atoms with Crippen LogP contribution in [0.15, 0.2) is 23.0 Å². The summed E-state index contributed by atoms with van der Waals surface area (Å²) in [5.41, 5.74) is 7.65. The van der Waals surface area contributed by atoms with Crippen molar-refractivity contribution in [1.82, 2.24) is 4.98 Å². The van der Waals surface area contributed by atoms with Crippen molar-refractivity contribution in [2.75, 3.05) is 0 Å². The summed E-state index contributed by atoms with van der Waals surface area (Å²) in [5.74, 6) is 0. The van der Waals surface area contributed by atoms with Gasteiger partial charge in [0.1, 0.15) is 5.15 Å². The van der Waals surface area contributed by atoms with Crippen LogP contribution in [0, 0.1) is 0 Å². The summed E-state index contributed by atoms with van der Waals surface area (Å²) >= 11 is 19.5. The monoisotopic (exact) mass is 292 g/mol. The van der Waals surface area contributed by atoms with Crippen LogP contribution in [-0.2, 0) is 0 Å². The van der Waals surface area contributed by atoms with Gasteiger partial charge in [0.25, 0.3) is 0 Å². The van der Waals surface area contributed by atoms with E-state index in [1.807, 2.05) is 16.8 Å². The Balaban J connectivity index is 2.52. The van der Waals surface area contributed by atoms with Gasteiger partial charge >= 0.3 is 0 Å². The molecule has 16 heavy (non-hydrogen) atoms. The Morgan fingerprint density at radius 1 is 1.31 bits per heavy atom. The smallest absolute Gasteiger partial charge is 0.148 e. The van der Waals surface area contributed by atoms with Crippen LogP contribution in [0.3, 0.4) is 0 Å². The Bertz CT molecular complexity index is 499. The van der Waals surface area contributed by atoms with Crippen molar-refractivity contribution in [1.29, 1.82) is 0 Å². The highest BCUT2D eigenvalue weighted by Crippen LogP contribution is 2.36. The molecule has 0 unspecified atom stereocenters. The quantitative estimate of drug-likeness (QED) is 0.845. The second kappa shape index (κ2) is 4.90. The molecule has 0 amide bonds. The fraction of sp³-hybridized carbons (Fsp3) is 0.100. The number of nitrogens with zero attached hydrogens (tertiary/aromatic N) is 1. The van der Waals surface area contributed by atoms with Crippen molar-refractivity contribution in [2.24, 2.45) is 5.73 Å². The third-order valence-electron chi connectivity index (χ3n) is 2.18. The van der Waals surface area contributed by atoms with Crippen molar-refractivity contribution < 1.29 is 0 Å². The van der Waals surface area contributed by atoms with Gasteiger partial charge in [-0.25, -0.2) is 4.98 Å². The molecule has 2 nitrogen and oxygen atoms in total. The van der Waals surface area contributed by atoms with Crippen LogP contribution in [0.25, 0.3) is 0 Å². The number of hydrogen-bond acceptors (Lipinski definition) is 3. The van der Waals surface area contributed by atoms with E-state index >= 15 is 0 Å². The molecule has 2 aromatic heterocycles. The molecule has 2 N–H and O–H groups in total. The summed E-state index contributed by atoms with van der Waals surface area (Å²) in [6, 6.07) is 1.54. The lowest BCUT2D eigenvalue weighted by molar-refractivity contribution is 0.874. The van der Waals surface area contributed by atoms with Crippen LogP contribution in [0.5, 0.6) is 0 Å². The molecule has 84 valence electrons. The van der Waals surface area contributed by atoms with Crippen LogP contribution in [0.4, 0.5) is 0 Å². The van der Waals surface area contributed by atoms with Crippen molar-refractivity contribution >= 4 is 46.1 Å². The highest BCUT2D eigenvalue weighted by Gasteiger charge is 2.19. The summed E-state index contributed by atoms with van der Waals surface area (Å²) in [7, 11) is 0. The molecule has 2 rings (SSSR count). The zero-order chi connectivity index (χ0) is 11.7. The van der Waals surface area contributed by atoms with E-state index < -0.39 is 0 Å². The molecule has 2 aromatic rings. The molecule has 6 heteroatoms. The first-order valence-corrected chi connectivity index (χ1v) is 6.46. The van der Waals surface area contributed by atoms with Crippen molar-refractivity contribution in [3.8, 4) is 0 Å². The average Bonchev–Trinajstić information content (AvgIpc) is 2.77. The maximum Gasteiger partial charge on any atom is 0.148 e. The summed E-state index contributed by atoms with van der Waals surface area (Å²) in [6.45, 7) is 0. The molecular formula is C10H7Cl3N2S. The highest BCUT2D eigenvalue weighted by atomic mass is 35.5. The normalized spacial score (nSPS) is 12.8. The van der Waals surface area contributed by atoms with E-state index in [2.05, 4.69) is 4.98 Å². The molecule has 0 saturated heterocycles. The van der Waals surface area contributed by atoms with Gasteiger partial charge in [-0.1, -0.05) is 34.8 Å². The fourth-order valence-electron chi connectivity index (χ4n) is 1.36. The Hall–Kier alpha value is -0.320. The van der Waals surface area contributed by atoms with Gasteiger partial charge in [-0.15, -0.1) is 0 Å². The molecule has 2 heterocycles. The van der Waals surface area contributed by atoms with Gasteiger partial charge in [0.05, 0.1) is 16.1 Å². The zero-order valence-corrected chi connectivity index (χ0v) is 11.0. The second-order valence-corrected chi connectivity index (χ2v) is 5.08. The highest BCUT2D eigenvalue weighted by molar-refractivity contribution is 7.08. The Morgan fingerprint density at radius 3 is 2.69 bits per heavy atom. The molecule has 0 saturated carbocycles. The fourth-order valence-corrected chi connectivity index (χ4v) is 2.78. The number of nitrogens with two attached hydrogens (primary N) is 1. The molecular weight excluding hydrogens is 287 g/mol. The lowest BCUT2D eigenvalue weighted by atomic mass is 10.0. The molecule has 0 aliphatic heterocycles. The van der Waals surface area contributed by atoms with Gasteiger partial charge < -0.3 is 5.73 Å². The number of pyridine rings is 1. The van der Waals surface area contributed by atoms with E-state index in [0.29, 0.717) is 15.6 Å². The number of aromatic nitrogens is 1. The SMILES string of the molecule is N[C@@H](c1ccsc1)c1c(Cl)cnc(Cl)c1Cl. The van der Waals surface area contributed by atoms with Crippen molar-refractivity contribution in [2.45, 2.75) is 6.04 Å². The molecule has 0 radical (unpaired) electrons. The van der Waals surface area contributed by atoms with Crippen LogP contribution < -0.4 is 5.73 Å². The molecule has 0 aliphatic rings. The van der Waals surface area contributed by atoms with Crippen molar-refractivity contribution in [3.63, 3.8) is 0 Å². The first kappa shape index (κ1) is 12.1. The first-order valence-electron chi connectivity index (χ1n) is 4.38. The second-order valence-electron chi connectivity index (χ2n) is 3.16. The van der Waals surface area contributed by atoms with Crippen molar-refractivity contribution in [3.05, 3.63) is 49.3 Å². The number of hydrogen-bond donors (Lipinski definition) is 1. The summed E-state index contributed by atoms with van der Waals surface area (Å²) < 4.78 is 0. The first-order chi connectivity index (χ1) is 7.61. The average molecular weight is 294 g/mol. The van der Waals surface area contributed by atoms with Crippen LogP contribution >= 0.6 is 46.1 Å². The molecule has 0 spiro atoms. The van der Waals surface area contributed by atoms with Gasteiger partial charge in [0.2, 0.25) is 0 Å². The van der Waals surface area contributed by atoms with Gasteiger partial charge in [-0.05, 0) is 22.4 Å². The largest absolute Gasteiger partial charge is 0.320 e. The third kappa shape index (κ3) is 2.19. The summed E-state index contributed by atoms with van der Waals surface area (Å²) in [5, 5.41) is 4.85. The van der Waals surface area contributed by atoms with Gasteiger partial charge in [0.15, 0.2) is 0 Å². The van der Waals surface area contributed by atoms with Gasteiger partial charge in [-0.2, -0.15) is 11.3 Å². The lowest BCUT2D eigenvalue weighted by Crippen LogP contribution is -2.12. The Labute approximate surface area is 112 Å². The number of rotatable bonds is 2. The van der Waals surface area contributed by atoms with E-state index in [9.17, 15) is 0 Å². The molecule has 0 aliphatic carbocycles. The minimum atomic E-state index is -0.383. The maximum absolute atomic E-state index is 6.08. The number of halogens is 3. The zero-order valence-electron chi connectivity index (χ0n) is 7.95. The number of thiophene rings is 1. The minimum absolute atomic E-state index is 0.215. The predicted octanol–water partition coefficient (Wildman–Crippen LogP) is 4.15. The van der Waals surface area contributed by atoms with E-state index in [-0.39, 0.29) is 11.2 Å². The standard InChI is InChI=1S/C10H7Cl3N2S/c11-6-3-15-10(13)8(12)7(6)9(14)5-1-2-16-4-5/h1-4,9H,14H2/t9-/m0/s1. The van der Waals surface area contributed by atoms with E-state index in [0.717, 1.165) is 5.56 Å². The maximum atomic E-state index is 6.08. The topological polar surface area (TPSA) is 38.9 Å². The molecule has 0 aromatic carbocycles. The molecule has 1 atom stereocenters. The Morgan fingerprint density at radius 2 is 2.06 bits per heavy atom. The summed E-state index contributed by atoms with van der Waals surface area (Å²) in [6.07, 6.45) is 1.46. The van der Waals surface area contributed by atoms with Crippen LogP contribution in [-0.4, -0.2) is 4.98 Å². The molecule has 0 fully saturated rings. The van der Waals surface area contributed by atoms with Crippen LogP contribution in [0.2, 0.25) is 15.2 Å². The van der Waals surface area contributed by atoms with Crippen LogP contribution in [0.1, 0.15) is 17.2 Å². The van der Waals surface area contributed by atoms with E-state index in [1.165, 1.54) is 6.20 Å². The van der Waals surface area contributed by atoms with E-state index in [4.69, 9.17) is 40.5 Å². The third-order valence-corrected chi connectivity index (χ3v) is 3.95. The lowest BCUT2D eigenvalue weighted by Gasteiger charge is -2.14. The van der Waals surface area contributed by atoms with Gasteiger partial charge in [-0.3, -0.25) is 0 Å². The summed E-state index contributed by atoms with van der Waals surface area (Å²) in [4.78, 5) is 3.85.